The van der Waals surface area contributed by atoms with Gasteiger partial charge in [-0.15, -0.1) is 0 Å². The Morgan fingerprint density at radius 2 is 1.67 bits per heavy atom. The molecule has 18 heavy (non-hydrogen) atoms. The van der Waals surface area contributed by atoms with Crippen LogP contribution in [0.4, 0.5) is 0 Å². The van der Waals surface area contributed by atoms with E-state index in [1.54, 1.807) is 0 Å². The van der Waals surface area contributed by atoms with Gasteiger partial charge < -0.3 is 5.32 Å². The van der Waals surface area contributed by atoms with Gasteiger partial charge in [0.25, 0.3) is 0 Å². The monoisotopic (exact) mass is 251 g/mol. The summed E-state index contributed by atoms with van der Waals surface area (Å²) in [5.41, 5.74) is 0. The molecule has 3 fully saturated rings. The fourth-order valence-electron chi connectivity index (χ4n) is 4.27. The minimum atomic E-state index is 0.763. The van der Waals surface area contributed by atoms with Gasteiger partial charge in [-0.3, -0.25) is 9.80 Å². The summed E-state index contributed by atoms with van der Waals surface area (Å²) in [6.45, 7) is 8.82. The number of hydrogen-bond donors (Lipinski definition) is 1. The highest BCUT2D eigenvalue weighted by atomic mass is 15.3. The molecule has 0 aromatic carbocycles. The Balaban J connectivity index is 1.60. The van der Waals surface area contributed by atoms with Crippen LogP contribution in [0, 0.1) is 0 Å². The summed E-state index contributed by atoms with van der Waals surface area (Å²) in [5, 5.41) is 3.70. The Morgan fingerprint density at radius 3 is 2.56 bits per heavy atom. The summed E-state index contributed by atoms with van der Waals surface area (Å²) >= 11 is 0. The maximum absolute atomic E-state index is 3.70. The highest BCUT2D eigenvalue weighted by Gasteiger charge is 2.38. The molecule has 0 aliphatic carbocycles. The molecule has 3 aliphatic rings. The summed E-state index contributed by atoms with van der Waals surface area (Å²) in [4.78, 5) is 5.57. The quantitative estimate of drug-likeness (QED) is 0.806. The molecule has 3 atom stereocenters. The van der Waals surface area contributed by atoms with Gasteiger partial charge in [-0.2, -0.15) is 0 Å². The van der Waals surface area contributed by atoms with Crippen molar-refractivity contribution in [1.29, 1.82) is 0 Å². The zero-order valence-electron chi connectivity index (χ0n) is 11.9. The van der Waals surface area contributed by atoms with Crippen LogP contribution in [0.2, 0.25) is 0 Å². The first-order valence-electron chi connectivity index (χ1n) is 8.10. The lowest BCUT2D eigenvalue weighted by Gasteiger charge is -2.37. The van der Waals surface area contributed by atoms with E-state index in [2.05, 4.69) is 22.0 Å². The van der Waals surface area contributed by atoms with Crippen LogP contribution in [0.5, 0.6) is 0 Å². The molecule has 3 saturated heterocycles. The van der Waals surface area contributed by atoms with Gasteiger partial charge in [-0.1, -0.05) is 13.3 Å². The molecule has 1 N–H and O–H groups in total. The molecule has 3 heteroatoms. The van der Waals surface area contributed by atoms with Crippen LogP contribution < -0.4 is 5.32 Å². The van der Waals surface area contributed by atoms with Crippen molar-refractivity contribution in [1.82, 2.24) is 15.1 Å². The van der Waals surface area contributed by atoms with Crippen molar-refractivity contribution >= 4 is 0 Å². The van der Waals surface area contributed by atoms with Gasteiger partial charge in [-0.05, 0) is 38.6 Å². The molecule has 0 spiro atoms. The van der Waals surface area contributed by atoms with E-state index < -0.39 is 0 Å². The van der Waals surface area contributed by atoms with E-state index in [1.807, 2.05) is 0 Å². The normalized spacial score (nSPS) is 39.5. The second-order valence-electron chi connectivity index (χ2n) is 6.34. The van der Waals surface area contributed by atoms with Crippen molar-refractivity contribution < 1.29 is 0 Å². The minimum absolute atomic E-state index is 0.763. The fraction of sp³-hybridized carbons (Fsp3) is 1.00. The van der Waals surface area contributed by atoms with Crippen LogP contribution in [-0.4, -0.2) is 60.6 Å². The molecular formula is C15H29N3. The predicted octanol–water partition coefficient (Wildman–Crippen LogP) is 1.69. The van der Waals surface area contributed by atoms with E-state index in [9.17, 15) is 0 Å². The van der Waals surface area contributed by atoms with Crippen LogP contribution in [0.15, 0.2) is 0 Å². The van der Waals surface area contributed by atoms with Gasteiger partial charge in [0.05, 0.1) is 0 Å². The zero-order chi connectivity index (χ0) is 12.4. The minimum Gasteiger partial charge on any atom is -0.313 e. The van der Waals surface area contributed by atoms with Gasteiger partial charge in [0.2, 0.25) is 0 Å². The highest BCUT2D eigenvalue weighted by Crippen LogP contribution is 2.30. The summed E-state index contributed by atoms with van der Waals surface area (Å²) in [5.74, 6) is 0. The van der Waals surface area contributed by atoms with Crippen molar-refractivity contribution in [3.8, 4) is 0 Å². The lowest BCUT2D eigenvalue weighted by molar-refractivity contribution is 0.118. The maximum Gasteiger partial charge on any atom is 0.0264 e. The van der Waals surface area contributed by atoms with Crippen LogP contribution in [-0.2, 0) is 0 Å². The third-order valence-electron chi connectivity index (χ3n) is 5.38. The Morgan fingerprint density at radius 1 is 0.889 bits per heavy atom. The van der Waals surface area contributed by atoms with E-state index in [4.69, 9.17) is 0 Å². The molecule has 0 amide bonds. The second-order valence-corrected chi connectivity index (χ2v) is 6.34. The fourth-order valence-corrected chi connectivity index (χ4v) is 4.27. The molecule has 3 aliphatic heterocycles. The van der Waals surface area contributed by atoms with E-state index >= 15 is 0 Å². The topological polar surface area (TPSA) is 18.5 Å². The van der Waals surface area contributed by atoms with Gasteiger partial charge in [0, 0.05) is 44.3 Å². The summed E-state index contributed by atoms with van der Waals surface area (Å²) in [6.07, 6.45) is 8.39. The molecule has 3 unspecified atom stereocenters. The number of nitrogens with zero attached hydrogens (tertiary/aromatic N) is 2. The first-order chi connectivity index (χ1) is 8.88. The summed E-state index contributed by atoms with van der Waals surface area (Å²) < 4.78 is 0. The zero-order valence-corrected chi connectivity index (χ0v) is 11.9. The molecule has 0 aromatic rings. The molecule has 0 radical (unpaired) electrons. The third-order valence-corrected chi connectivity index (χ3v) is 5.38. The van der Waals surface area contributed by atoms with Crippen molar-refractivity contribution in [3.05, 3.63) is 0 Å². The molecule has 3 heterocycles. The van der Waals surface area contributed by atoms with Crippen LogP contribution in [0.1, 0.15) is 45.4 Å². The summed E-state index contributed by atoms with van der Waals surface area (Å²) in [7, 11) is 0. The molecule has 3 rings (SSSR count). The SMILES string of the molecule is CCC1CCN(C2CCN3CCCCC23)CCN1. The number of piperidine rings is 1. The molecule has 0 bridgehead atoms. The van der Waals surface area contributed by atoms with Crippen LogP contribution >= 0.6 is 0 Å². The standard InChI is InChI=1S/C15H29N3/c1-2-13-6-10-18(12-8-16-13)15-7-11-17-9-4-3-5-14(15)17/h13-16H,2-12H2,1H3. The first kappa shape index (κ1) is 12.9. The average molecular weight is 251 g/mol. The smallest absolute Gasteiger partial charge is 0.0264 e. The van der Waals surface area contributed by atoms with Crippen LogP contribution in [0.3, 0.4) is 0 Å². The van der Waals surface area contributed by atoms with Gasteiger partial charge in [0.15, 0.2) is 0 Å². The number of hydrogen-bond acceptors (Lipinski definition) is 3. The lowest BCUT2D eigenvalue weighted by Crippen LogP contribution is -2.48. The van der Waals surface area contributed by atoms with Crippen molar-refractivity contribution in [2.75, 3.05) is 32.7 Å². The Hall–Kier alpha value is -0.120. The second kappa shape index (κ2) is 5.89. The average Bonchev–Trinajstić information content (AvgIpc) is 2.69. The Kier molecular flexibility index (Phi) is 4.22. The van der Waals surface area contributed by atoms with Gasteiger partial charge in [-0.25, -0.2) is 0 Å². The third kappa shape index (κ3) is 2.59. The number of fused-ring (bicyclic) bond motifs is 1. The summed E-state index contributed by atoms with van der Waals surface area (Å²) in [6, 6.07) is 2.51. The van der Waals surface area contributed by atoms with Crippen LogP contribution in [0.25, 0.3) is 0 Å². The van der Waals surface area contributed by atoms with E-state index in [0.29, 0.717) is 0 Å². The van der Waals surface area contributed by atoms with Crippen molar-refractivity contribution in [2.45, 2.75) is 63.6 Å². The Bertz CT molecular complexity index is 268. The number of rotatable bonds is 2. The Labute approximate surface area is 112 Å². The predicted molar refractivity (Wildman–Crippen MR) is 75.9 cm³/mol. The maximum atomic E-state index is 3.70. The number of nitrogens with one attached hydrogen (secondary N) is 1. The van der Waals surface area contributed by atoms with E-state index in [-0.39, 0.29) is 0 Å². The molecule has 104 valence electrons. The molecular weight excluding hydrogens is 222 g/mol. The van der Waals surface area contributed by atoms with Crippen molar-refractivity contribution in [2.24, 2.45) is 0 Å². The molecule has 0 aromatic heterocycles. The highest BCUT2D eigenvalue weighted by molar-refractivity contribution is 4.96. The molecule has 0 saturated carbocycles. The van der Waals surface area contributed by atoms with E-state index in [0.717, 1.165) is 18.1 Å². The molecule has 3 nitrogen and oxygen atoms in total. The van der Waals surface area contributed by atoms with Gasteiger partial charge >= 0.3 is 0 Å². The van der Waals surface area contributed by atoms with Gasteiger partial charge in [0.1, 0.15) is 0 Å². The first-order valence-corrected chi connectivity index (χ1v) is 8.10. The van der Waals surface area contributed by atoms with E-state index in [1.165, 1.54) is 71.2 Å². The largest absolute Gasteiger partial charge is 0.313 e. The lowest BCUT2D eigenvalue weighted by atomic mass is 9.97. The van der Waals surface area contributed by atoms with Crippen molar-refractivity contribution in [3.63, 3.8) is 0 Å².